The third-order valence-corrected chi connectivity index (χ3v) is 3.44. The van der Waals surface area contributed by atoms with Gasteiger partial charge in [0.1, 0.15) is 18.9 Å². The number of carbonyl (C=O) groups is 1. The fourth-order valence-electron chi connectivity index (χ4n) is 1.91. The first-order chi connectivity index (χ1) is 9.70. The van der Waals surface area contributed by atoms with Crippen LogP contribution in [0.2, 0.25) is 0 Å². The van der Waals surface area contributed by atoms with Crippen LogP contribution in [-0.4, -0.2) is 68.3 Å². The molecule has 3 N–H and O–H groups in total. The Balaban J connectivity index is 3.14. The van der Waals surface area contributed by atoms with Crippen LogP contribution in [0.5, 0.6) is 0 Å². The number of allylic oxidation sites excluding steroid dienone is 1. The SMILES string of the molecule is CC(=O)/C(F)=C\N(C(C)=S)[C@@H]1O[C@@](CO)(CF)C(O)[C@@H]1O. The lowest BCUT2D eigenvalue weighted by Crippen LogP contribution is -2.48. The van der Waals surface area contributed by atoms with Crippen LogP contribution in [0.25, 0.3) is 0 Å². The van der Waals surface area contributed by atoms with Crippen molar-refractivity contribution in [3.8, 4) is 0 Å². The van der Waals surface area contributed by atoms with Crippen molar-refractivity contribution in [1.82, 2.24) is 4.90 Å². The molecule has 0 saturated carbocycles. The zero-order chi connectivity index (χ0) is 16.4. The minimum absolute atomic E-state index is 0.0234. The summed E-state index contributed by atoms with van der Waals surface area (Å²) < 4.78 is 31.7. The van der Waals surface area contributed by atoms with Crippen LogP contribution in [0, 0.1) is 0 Å². The van der Waals surface area contributed by atoms with Crippen molar-refractivity contribution in [3.05, 3.63) is 12.0 Å². The maximum Gasteiger partial charge on any atom is 0.189 e. The molecule has 1 saturated heterocycles. The average Bonchev–Trinajstić information content (AvgIpc) is 2.69. The first kappa shape index (κ1) is 18.1. The van der Waals surface area contributed by atoms with Crippen molar-refractivity contribution >= 4 is 23.0 Å². The lowest BCUT2D eigenvalue weighted by molar-refractivity contribution is -0.138. The summed E-state index contributed by atoms with van der Waals surface area (Å²) in [7, 11) is 0. The number of halogens is 2. The molecule has 0 aliphatic carbocycles. The molecule has 1 aliphatic rings. The number of Topliss-reactive ketones (excluding diaryl/α,β-unsaturated/α-hetero) is 1. The molecule has 1 heterocycles. The molecule has 0 aromatic rings. The molecule has 21 heavy (non-hydrogen) atoms. The van der Waals surface area contributed by atoms with Gasteiger partial charge < -0.3 is 25.0 Å². The predicted molar refractivity (Wildman–Crippen MR) is 72.7 cm³/mol. The van der Waals surface area contributed by atoms with Crippen molar-refractivity contribution in [1.29, 1.82) is 0 Å². The van der Waals surface area contributed by atoms with Gasteiger partial charge in [0.15, 0.2) is 23.4 Å². The topological polar surface area (TPSA) is 90.2 Å². The van der Waals surface area contributed by atoms with Gasteiger partial charge in [-0.2, -0.15) is 0 Å². The van der Waals surface area contributed by atoms with E-state index < -0.39 is 48.9 Å². The summed E-state index contributed by atoms with van der Waals surface area (Å²) in [6.07, 6.45) is -4.10. The van der Waals surface area contributed by atoms with Crippen molar-refractivity contribution < 1.29 is 33.6 Å². The maximum atomic E-state index is 13.5. The van der Waals surface area contributed by atoms with Gasteiger partial charge in [0.2, 0.25) is 0 Å². The molecule has 120 valence electrons. The summed E-state index contributed by atoms with van der Waals surface area (Å²) >= 11 is 4.87. The van der Waals surface area contributed by atoms with Crippen LogP contribution in [0.3, 0.4) is 0 Å². The summed E-state index contributed by atoms with van der Waals surface area (Å²) in [6.45, 7) is 0.210. The number of thiocarbonyl (C=S) groups is 1. The largest absolute Gasteiger partial charge is 0.393 e. The monoisotopic (exact) mass is 325 g/mol. The van der Waals surface area contributed by atoms with Crippen LogP contribution in [0.1, 0.15) is 13.8 Å². The highest BCUT2D eigenvalue weighted by molar-refractivity contribution is 7.80. The molecule has 0 spiro atoms. The van der Waals surface area contributed by atoms with Crippen LogP contribution in [-0.2, 0) is 9.53 Å². The maximum absolute atomic E-state index is 13.5. The molecule has 1 unspecified atom stereocenters. The van der Waals surface area contributed by atoms with Crippen LogP contribution in [0.15, 0.2) is 12.0 Å². The summed E-state index contributed by atoms with van der Waals surface area (Å²) in [5.41, 5.74) is -2.02. The summed E-state index contributed by atoms with van der Waals surface area (Å²) in [5.74, 6) is -2.02. The van der Waals surface area contributed by atoms with E-state index in [0.29, 0.717) is 6.20 Å². The predicted octanol–water partition coefficient (Wildman–Crippen LogP) is -0.186. The van der Waals surface area contributed by atoms with Gasteiger partial charge in [-0.15, -0.1) is 0 Å². The Kier molecular flexibility index (Phi) is 5.88. The minimum atomic E-state index is -2.02. The van der Waals surface area contributed by atoms with E-state index in [-0.39, 0.29) is 4.99 Å². The van der Waals surface area contributed by atoms with E-state index in [1.54, 1.807) is 0 Å². The fourth-order valence-corrected chi connectivity index (χ4v) is 2.07. The van der Waals surface area contributed by atoms with Crippen LogP contribution in [0.4, 0.5) is 8.78 Å². The highest BCUT2D eigenvalue weighted by Crippen LogP contribution is 2.34. The second kappa shape index (κ2) is 6.84. The number of aliphatic hydroxyl groups excluding tert-OH is 3. The third-order valence-electron chi connectivity index (χ3n) is 3.23. The zero-order valence-electron chi connectivity index (χ0n) is 11.5. The van der Waals surface area contributed by atoms with Gasteiger partial charge in [-0.05, 0) is 6.92 Å². The minimum Gasteiger partial charge on any atom is -0.393 e. The van der Waals surface area contributed by atoms with Gasteiger partial charge in [-0.25, -0.2) is 8.78 Å². The lowest BCUT2D eigenvalue weighted by Gasteiger charge is -2.29. The number of rotatable bonds is 5. The van der Waals surface area contributed by atoms with Crippen molar-refractivity contribution in [2.45, 2.75) is 37.9 Å². The quantitative estimate of drug-likeness (QED) is 0.477. The van der Waals surface area contributed by atoms with Crippen molar-refractivity contribution in [2.24, 2.45) is 0 Å². The summed E-state index contributed by atoms with van der Waals surface area (Å²) in [6, 6.07) is 0. The molecule has 0 amide bonds. The van der Waals surface area contributed by atoms with E-state index in [1.165, 1.54) is 6.92 Å². The Morgan fingerprint density at radius 1 is 1.48 bits per heavy atom. The number of hydrogen-bond acceptors (Lipinski definition) is 6. The average molecular weight is 325 g/mol. The number of ketones is 1. The van der Waals surface area contributed by atoms with Gasteiger partial charge in [-0.1, -0.05) is 12.2 Å². The van der Waals surface area contributed by atoms with E-state index in [1.807, 2.05) is 0 Å². The molecular weight excluding hydrogens is 308 g/mol. The van der Waals surface area contributed by atoms with Crippen molar-refractivity contribution in [3.63, 3.8) is 0 Å². The molecule has 1 rings (SSSR count). The van der Waals surface area contributed by atoms with Gasteiger partial charge in [-0.3, -0.25) is 4.79 Å². The highest BCUT2D eigenvalue weighted by atomic mass is 32.1. The number of hydrogen-bond donors (Lipinski definition) is 3. The van der Waals surface area contributed by atoms with Gasteiger partial charge in [0.05, 0.1) is 11.6 Å². The molecule has 0 radical (unpaired) electrons. The number of alkyl halides is 1. The number of aliphatic hydroxyl groups is 3. The molecule has 9 heteroatoms. The fraction of sp³-hybridized carbons (Fsp3) is 0.667. The first-order valence-electron chi connectivity index (χ1n) is 6.08. The number of nitrogens with zero attached hydrogens (tertiary/aromatic N) is 1. The smallest absolute Gasteiger partial charge is 0.189 e. The molecule has 4 atom stereocenters. The Labute approximate surface area is 125 Å². The summed E-state index contributed by atoms with van der Waals surface area (Å²) in [5, 5.41) is 28.9. The Hall–Kier alpha value is -1.00. The Bertz CT molecular complexity index is 455. The van der Waals surface area contributed by atoms with Crippen LogP contribution < -0.4 is 0 Å². The van der Waals surface area contributed by atoms with E-state index in [4.69, 9.17) is 17.0 Å². The summed E-state index contributed by atoms with van der Waals surface area (Å²) in [4.78, 5) is 11.9. The standard InChI is InChI=1S/C12H17F2NO5S/c1-6(17)8(14)3-15(7(2)21)11-9(18)10(19)12(4-13,5-16)20-11/h3,9-11,16,18-19H,4-5H2,1-2H3/b8-3+/t9-,10?,11+,12+/m0/s1. The number of ether oxygens (including phenoxy) is 1. The molecular formula is C12H17F2NO5S. The third kappa shape index (κ3) is 3.43. The molecule has 0 bridgehead atoms. The van der Waals surface area contributed by atoms with E-state index in [0.717, 1.165) is 11.8 Å². The Morgan fingerprint density at radius 3 is 2.38 bits per heavy atom. The Morgan fingerprint density at radius 2 is 2.05 bits per heavy atom. The molecule has 0 aromatic carbocycles. The van der Waals surface area contributed by atoms with E-state index >= 15 is 0 Å². The first-order valence-corrected chi connectivity index (χ1v) is 6.49. The van der Waals surface area contributed by atoms with Gasteiger partial charge in [0, 0.05) is 13.1 Å². The van der Waals surface area contributed by atoms with Crippen LogP contribution >= 0.6 is 12.2 Å². The highest BCUT2D eigenvalue weighted by Gasteiger charge is 2.56. The van der Waals surface area contributed by atoms with Crippen molar-refractivity contribution in [2.75, 3.05) is 13.3 Å². The second-order valence-electron chi connectivity index (χ2n) is 4.76. The lowest BCUT2D eigenvalue weighted by atomic mass is 9.97. The number of carbonyl (C=O) groups excluding carboxylic acids is 1. The molecule has 1 fully saturated rings. The van der Waals surface area contributed by atoms with E-state index in [9.17, 15) is 28.9 Å². The molecule has 0 aromatic heterocycles. The molecule has 1 aliphatic heterocycles. The normalized spacial score (nSPS) is 33.1. The molecule has 6 nitrogen and oxygen atoms in total. The van der Waals surface area contributed by atoms with Gasteiger partial charge in [0.25, 0.3) is 0 Å². The van der Waals surface area contributed by atoms with Gasteiger partial charge >= 0.3 is 0 Å². The van der Waals surface area contributed by atoms with E-state index in [2.05, 4.69) is 0 Å². The second-order valence-corrected chi connectivity index (χ2v) is 5.35. The zero-order valence-corrected chi connectivity index (χ0v) is 12.3.